The van der Waals surface area contributed by atoms with Gasteiger partial charge < -0.3 is 9.88 Å². The average Bonchev–Trinajstić information content (AvgIpc) is 2.80. The van der Waals surface area contributed by atoms with Gasteiger partial charge in [-0.3, -0.25) is 0 Å². The number of unbranched alkanes of at least 4 members (excludes halogenated alkanes) is 1. The molecule has 0 atom stereocenters. The molecule has 0 spiro atoms. The SMILES string of the molecule is CCn1cnnc1CNS(=O)(=O)CCCCNC. The molecule has 1 rings (SSSR count). The third-order valence-electron chi connectivity index (χ3n) is 2.58. The molecule has 0 aliphatic heterocycles. The van der Waals surface area contributed by atoms with Crippen LogP contribution in [0.5, 0.6) is 0 Å². The predicted molar refractivity (Wildman–Crippen MR) is 69.5 cm³/mol. The lowest BCUT2D eigenvalue weighted by atomic mass is 10.3. The van der Waals surface area contributed by atoms with Crippen molar-refractivity contribution < 1.29 is 8.42 Å². The van der Waals surface area contributed by atoms with Gasteiger partial charge in [0, 0.05) is 6.54 Å². The molecule has 18 heavy (non-hydrogen) atoms. The van der Waals surface area contributed by atoms with Crippen molar-refractivity contribution in [2.45, 2.75) is 32.9 Å². The summed E-state index contributed by atoms with van der Waals surface area (Å²) in [5.41, 5.74) is 0. The highest BCUT2D eigenvalue weighted by molar-refractivity contribution is 7.89. The van der Waals surface area contributed by atoms with Crippen LogP contribution in [0.4, 0.5) is 0 Å². The molecule has 1 heterocycles. The fourth-order valence-electron chi connectivity index (χ4n) is 1.52. The van der Waals surface area contributed by atoms with E-state index in [1.807, 2.05) is 18.5 Å². The van der Waals surface area contributed by atoms with Gasteiger partial charge in [0.2, 0.25) is 10.0 Å². The minimum atomic E-state index is -3.22. The number of aryl methyl sites for hydroxylation is 1. The molecule has 7 nitrogen and oxygen atoms in total. The molecular weight excluding hydrogens is 254 g/mol. The highest BCUT2D eigenvalue weighted by Crippen LogP contribution is 1.98. The summed E-state index contributed by atoms with van der Waals surface area (Å²) in [5, 5.41) is 10.6. The van der Waals surface area contributed by atoms with Crippen LogP contribution in [0.1, 0.15) is 25.6 Å². The standard InChI is InChI=1S/C10H21N5O2S/c1-3-15-9-12-14-10(15)8-13-18(16,17)7-5-4-6-11-2/h9,11,13H,3-8H2,1-2H3. The molecule has 0 bridgehead atoms. The molecule has 2 N–H and O–H groups in total. The summed E-state index contributed by atoms with van der Waals surface area (Å²) in [6, 6.07) is 0. The molecule has 0 amide bonds. The van der Waals surface area contributed by atoms with Crippen molar-refractivity contribution >= 4 is 10.0 Å². The Morgan fingerprint density at radius 3 is 2.83 bits per heavy atom. The lowest BCUT2D eigenvalue weighted by Crippen LogP contribution is -2.27. The largest absolute Gasteiger partial charge is 0.320 e. The summed E-state index contributed by atoms with van der Waals surface area (Å²) in [6.45, 7) is 3.72. The molecule has 0 saturated carbocycles. The van der Waals surface area contributed by atoms with E-state index >= 15 is 0 Å². The smallest absolute Gasteiger partial charge is 0.212 e. The van der Waals surface area contributed by atoms with Crippen molar-refractivity contribution in [1.82, 2.24) is 24.8 Å². The number of hydrogen-bond acceptors (Lipinski definition) is 5. The predicted octanol–water partition coefficient (Wildman–Crippen LogP) is -0.283. The Morgan fingerprint density at radius 1 is 1.39 bits per heavy atom. The second-order valence-corrected chi connectivity index (χ2v) is 5.91. The van der Waals surface area contributed by atoms with E-state index in [-0.39, 0.29) is 12.3 Å². The molecule has 1 aromatic heterocycles. The maximum absolute atomic E-state index is 11.7. The Hall–Kier alpha value is -0.990. The molecular formula is C10H21N5O2S. The number of nitrogens with one attached hydrogen (secondary N) is 2. The second-order valence-electron chi connectivity index (χ2n) is 3.98. The van der Waals surface area contributed by atoms with Crippen molar-refractivity contribution in [2.75, 3.05) is 19.3 Å². The molecule has 0 saturated heterocycles. The fraction of sp³-hybridized carbons (Fsp3) is 0.800. The van der Waals surface area contributed by atoms with Crippen molar-refractivity contribution in [3.63, 3.8) is 0 Å². The zero-order valence-electron chi connectivity index (χ0n) is 10.9. The number of hydrogen-bond donors (Lipinski definition) is 2. The van der Waals surface area contributed by atoms with Crippen LogP contribution in [0.3, 0.4) is 0 Å². The molecule has 0 unspecified atom stereocenters. The maximum atomic E-state index is 11.7. The number of nitrogens with zero attached hydrogens (tertiary/aromatic N) is 3. The average molecular weight is 275 g/mol. The van der Waals surface area contributed by atoms with E-state index in [1.165, 1.54) is 0 Å². The lowest BCUT2D eigenvalue weighted by molar-refractivity contribution is 0.570. The zero-order valence-corrected chi connectivity index (χ0v) is 11.7. The highest BCUT2D eigenvalue weighted by Gasteiger charge is 2.11. The number of aromatic nitrogens is 3. The van der Waals surface area contributed by atoms with E-state index in [9.17, 15) is 8.42 Å². The van der Waals surface area contributed by atoms with Gasteiger partial charge in [-0.15, -0.1) is 10.2 Å². The molecule has 0 aromatic carbocycles. The lowest BCUT2D eigenvalue weighted by Gasteiger charge is -2.07. The summed E-state index contributed by atoms with van der Waals surface area (Å²) >= 11 is 0. The summed E-state index contributed by atoms with van der Waals surface area (Å²) in [6.07, 6.45) is 3.09. The van der Waals surface area contributed by atoms with Crippen LogP contribution >= 0.6 is 0 Å². The molecule has 0 fully saturated rings. The van der Waals surface area contributed by atoms with Crippen LogP contribution in [-0.4, -0.2) is 42.5 Å². The van der Waals surface area contributed by atoms with Crippen LogP contribution in [0.2, 0.25) is 0 Å². The van der Waals surface area contributed by atoms with E-state index in [2.05, 4.69) is 20.2 Å². The van der Waals surface area contributed by atoms with E-state index in [4.69, 9.17) is 0 Å². The first kappa shape index (κ1) is 15.1. The second kappa shape index (κ2) is 7.45. The van der Waals surface area contributed by atoms with E-state index in [0.29, 0.717) is 12.2 Å². The van der Waals surface area contributed by atoms with Crippen LogP contribution in [0.15, 0.2) is 6.33 Å². The van der Waals surface area contributed by atoms with Gasteiger partial charge >= 0.3 is 0 Å². The van der Waals surface area contributed by atoms with Gasteiger partial charge in [-0.05, 0) is 33.4 Å². The van der Waals surface area contributed by atoms with Gasteiger partial charge in [0.05, 0.1) is 12.3 Å². The molecule has 0 radical (unpaired) electrons. The fourth-order valence-corrected chi connectivity index (χ4v) is 2.60. The Labute approximate surface area is 108 Å². The van der Waals surface area contributed by atoms with E-state index in [0.717, 1.165) is 19.5 Å². The van der Waals surface area contributed by atoms with Crippen molar-refractivity contribution in [2.24, 2.45) is 0 Å². The van der Waals surface area contributed by atoms with Crippen LogP contribution in [0, 0.1) is 0 Å². The maximum Gasteiger partial charge on any atom is 0.212 e. The third-order valence-corrected chi connectivity index (χ3v) is 3.99. The Balaban J connectivity index is 2.37. The molecule has 8 heteroatoms. The number of rotatable bonds is 9. The topological polar surface area (TPSA) is 88.9 Å². The highest BCUT2D eigenvalue weighted by atomic mass is 32.2. The number of sulfonamides is 1. The minimum Gasteiger partial charge on any atom is -0.320 e. The van der Waals surface area contributed by atoms with Crippen LogP contribution in [0.25, 0.3) is 0 Å². The van der Waals surface area contributed by atoms with Gasteiger partial charge in [0.15, 0.2) is 0 Å². The first-order chi connectivity index (χ1) is 8.59. The van der Waals surface area contributed by atoms with Gasteiger partial charge in [0.25, 0.3) is 0 Å². The van der Waals surface area contributed by atoms with Gasteiger partial charge in [-0.1, -0.05) is 0 Å². The Morgan fingerprint density at radius 2 is 2.17 bits per heavy atom. The summed E-state index contributed by atoms with van der Waals surface area (Å²) < 4.78 is 27.7. The zero-order chi connectivity index (χ0) is 13.4. The summed E-state index contributed by atoms with van der Waals surface area (Å²) in [5.74, 6) is 0.783. The molecule has 1 aromatic rings. The summed E-state index contributed by atoms with van der Waals surface area (Å²) in [7, 11) is -1.37. The van der Waals surface area contributed by atoms with Crippen LogP contribution in [-0.2, 0) is 23.1 Å². The first-order valence-corrected chi connectivity index (χ1v) is 7.73. The van der Waals surface area contributed by atoms with E-state index < -0.39 is 10.0 Å². The first-order valence-electron chi connectivity index (χ1n) is 6.07. The Kier molecular flexibility index (Phi) is 6.23. The van der Waals surface area contributed by atoms with Gasteiger partial charge in [0.1, 0.15) is 12.2 Å². The van der Waals surface area contributed by atoms with E-state index in [1.54, 1.807) is 6.33 Å². The molecule has 0 aliphatic carbocycles. The Bertz CT molecular complexity index is 443. The third kappa shape index (κ3) is 5.11. The van der Waals surface area contributed by atoms with Gasteiger partial charge in [-0.25, -0.2) is 13.1 Å². The normalized spacial score (nSPS) is 11.9. The molecule has 0 aliphatic rings. The molecule has 104 valence electrons. The minimum absolute atomic E-state index is 0.148. The monoisotopic (exact) mass is 275 g/mol. The summed E-state index contributed by atoms with van der Waals surface area (Å²) in [4.78, 5) is 0. The van der Waals surface area contributed by atoms with Crippen molar-refractivity contribution in [3.05, 3.63) is 12.2 Å². The van der Waals surface area contributed by atoms with Gasteiger partial charge in [-0.2, -0.15) is 0 Å². The quantitative estimate of drug-likeness (QED) is 0.605. The van der Waals surface area contributed by atoms with Crippen molar-refractivity contribution in [1.29, 1.82) is 0 Å². The van der Waals surface area contributed by atoms with Crippen LogP contribution < -0.4 is 10.0 Å². The van der Waals surface area contributed by atoms with Crippen molar-refractivity contribution in [3.8, 4) is 0 Å².